The van der Waals surface area contributed by atoms with Gasteiger partial charge in [-0.05, 0) is 36.8 Å². The van der Waals surface area contributed by atoms with Gasteiger partial charge in [-0.25, -0.2) is 0 Å². The molecule has 4 amide bonds. The van der Waals surface area contributed by atoms with E-state index in [2.05, 4.69) is 0 Å². The van der Waals surface area contributed by atoms with E-state index in [1.807, 2.05) is 24.3 Å². The third kappa shape index (κ3) is 3.17. The molecule has 4 fully saturated rings. The molecular weight excluding hydrogens is 380 g/mol. The van der Waals surface area contributed by atoms with Gasteiger partial charge in [0.25, 0.3) is 0 Å². The normalized spacial score (nSPS) is 31.3. The van der Waals surface area contributed by atoms with Gasteiger partial charge in [0.05, 0.1) is 36.8 Å². The van der Waals surface area contributed by atoms with Gasteiger partial charge >= 0.3 is 0 Å². The van der Waals surface area contributed by atoms with E-state index in [-0.39, 0.29) is 47.3 Å². The summed E-state index contributed by atoms with van der Waals surface area (Å²) in [5.74, 6) is -0.589. The topological polar surface area (TPSA) is 74.8 Å². The average molecular weight is 408 g/mol. The van der Waals surface area contributed by atoms with E-state index in [9.17, 15) is 19.2 Å². The molecule has 2 aliphatic heterocycles. The third-order valence-electron chi connectivity index (χ3n) is 7.57. The van der Waals surface area contributed by atoms with Crippen LogP contribution in [0.2, 0.25) is 0 Å². The van der Waals surface area contributed by atoms with E-state index in [0.717, 1.165) is 62.5 Å². The summed E-state index contributed by atoms with van der Waals surface area (Å²) < 4.78 is 0. The van der Waals surface area contributed by atoms with Crippen LogP contribution in [0.25, 0.3) is 0 Å². The molecule has 2 aliphatic carbocycles. The van der Waals surface area contributed by atoms with E-state index in [4.69, 9.17) is 0 Å². The number of amides is 4. The lowest BCUT2D eigenvalue weighted by molar-refractivity contribution is -0.142. The fraction of sp³-hybridized carbons (Fsp3) is 0.583. The summed E-state index contributed by atoms with van der Waals surface area (Å²) in [4.78, 5) is 53.5. The molecule has 2 heterocycles. The molecule has 158 valence electrons. The summed E-state index contributed by atoms with van der Waals surface area (Å²) in [5.41, 5.74) is 1.79. The Kier molecular flexibility index (Phi) is 4.95. The summed E-state index contributed by atoms with van der Waals surface area (Å²) in [6.45, 7) is 0.605. The maximum atomic E-state index is 12.7. The summed E-state index contributed by atoms with van der Waals surface area (Å²) in [7, 11) is 0. The second-order valence-electron chi connectivity index (χ2n) is 9.34. The highest BCUT2D eigenvalue weighted by Gasteiger charge is 2.49. The van der Waals surface area contributed by atoms with Gasteiger partial charge < -0.3 is 0 Å². The van der Waals surface area contributed by atoms with Crippen molar-refractivity contribution in [1.82, 2.24) is 9.80 Å². The maximum Gasteiger partial charge on any atom is 0.233 e. The van der Waals surface area contributed by atoms with E-state index < -0.39 is 0 Å². The minimum absolute atomic E-state index is 0.0235. The zero-order valence-corrected chi connectivity index (χ0v) is 17.2. The Bertz CT molecular complexity index is 772. The number of likely N-dealkylation sites (tertiary alicyclic amines) is 2. The van der Waals surface area contributed by atoms with Crippen LogP contribution in [0.5, 0.6) is 0 Å². The van der Waals surface area contributed by atoms with Crippen molar-refractivity contribution in [2.24, 2.45) is 23.7 Å². The van der Waals surface area contributed by atoms with Crippen LogP contribution in [0.15, 0.2) is 24.3 Å². The van der Waals surface area contributed by atoms with Crippen LogP contribution >= 0.6 is 0 Å². The van der Waals surface area contributed by atoms with Crippen molar-refractivity contribution < 1.29 is 19.2 Å². The van der Waals surface area contributed by atoms with Crippen LogP contribution in [-0.4, -0.2) is 33.4 Å². The number of benzene rings is 1. The van der Waals surface area contributed by atoms with Gasteiger partial charge in [-0.2, -0.15) is 0 Å². The fourth-order valence-corrected chi connectivity index (χ4v) is 5.89. The number of rotatable bonds is 4. The Morgan fingerprint density at radius 2 is 0.800 bits per heavy atom. The lowest BCUT2D eigenvalue weighted by atomic mass is 9.81. The molecule has 4 atom stereocenters. The maximum absolute atomic E-state index is 12.7. The fourth-order valence-electron chi connectivity index (χ4n) is 5.89. The molecule has 5 rings (SSSR count). The number of carbonyl (C=O) groups excluding carboxylic acids is 4. The number of hydrogen-bond donors (Lipinski definition) is 0. The Labute approximate surface area is 176 Å². The number of fused-ring (bicyclic) bond motifs is 2. The van der Waals surface area contributed by atoms with Crippen molar-refractivity contribution in [3.05, 3.63) is 35.4 Å². The molecule has 0 spiro atoms. The molecule has 2 saturated heterocycles. The summed E-state index contributed by atoms with van der Waals surface area (Å²) in [6, 6.07) is 7.60. The highest BCUT2D eigenvalue weighted by molar-refractivity contribution is 6.05. The van der Waals surface area contributed by atoms with Gasteiger partial charge in [0.15, 0.2) is 0 Å². The molecule has 2 saturated carbocycles. The molecule has 1 aromatic carbocycles. The van der Waals surface area contributed by atoms with E-state index in [1.54, 1.807) is 0 Å². The van der Waals surface area contributed by atoms with Crippen molar-refractivity contribution in [3.63, 3.8) is 0 Å². The molecular formula is C24H28N2O4. The Morgan fingerprint density at radius 3 is 1.07 bits per heavy atom. The Hall–Kier alpha value is -2.50. The summed E-state index contributed by atoms with van der Waals surface area (Å²) >= 11 is 0. The highest BCUT2D eigenvalue weighted by atomic mass is 16.2. The van der Waals surface area contributed by atoms with Crippen molar-refractivity contribution in [3.8, 4) is 0 Å². The van der Waals surface area contributed by atoms with Gasteiger partial charge in [-0.3, -0.25) is 29.0 Å². The molecule has 0 unspecified atom stereocenters. The quantitative estimate of drug-likeness (QED) is 0.718. The van der Waals surface area contributed by atoms with Gasteiger partial charge in [-0.1, -0.05) is 49.9 Å². The molecule has 6 heteroatoms. The number of hydrogen-bond acceptors (Lipinski definition) is 4. The van der Waals surface area contributed by atoms with Gasteiger partial charge in [0.2, 0.25) is 23.6 Å². The molecule has 0 aromatic heterocycles. The van der Waals surface area contributed by atoms with Crippen molar-refractivity contribution in [1.29, 1.82) is 0 Å². The first-order valence-electron chi connectivity index (χ1n) is 11.3. The lowest BCUT2D eigenvalue weighted by Crippen LogP contribution is -2.31. The molecule has 0 N–H and O–H groups in total. The SMILES string of the molecule is O=C1[C@H]2CCCC[C@H]2C(=O)N1Cc1ccc(CN2C(=O)[C@@H]3CCCC[C@H]3C2=O)cc1. The predicted molar refractivity (Wildman–Crippen MR) is 108 cm³/mol. The zero-order chi connectivity index (χ0) is 20.8. The van der Waals surface area contributed by atoms with Gasteiger partial charge in [0.1, 0.15) is 0 Å². The number of carbonyl (C=O) groups is 4. The summed E-state index contributed by atoms with van der Waals surface area (Å²) in [6.07, 6.45) is 7.40. The van der Waals surface area contributed by atoms with Gasteiger partial charge in [-0.15, -0.1) is 0 Å². The zero-order valence-electron chi connectivity index (χ0n) is 17.2. The van der Waals surface area contributed by atoms with Crippen molar-refractivity contribution >= 4 is 23.6 Å². The monoisotopic (exact) mass is 408 g/mol. The first-order valence-corrected chi connectivity index (χ1v) is 11.3. The van der Waals surface area contributed by atoms with E-state index in [1.165, 1.54) is 9.80 Å². The minimum atomic E-state index is -0.124. The standard InChI is InChI=1S/C24H28N2O4/c27-21-17-5-1-2-6-18(17)22(28)25(21)13-15-9-11-16(12-10-15)14-26-23(29)19-7-3-4-8-20(19)24(26)30/h9-12,17-20H,1-8,13-14H2/t17-,18-,19-,20+/m1/s1. The molecule has 30 heavy (non-hydrogen) atoms. The first-order chi connectivity index (χ1) is 14.5. The molecule has 1 aromatic rings. The number of nitrogens with zero attached hydrogens (tertiary/aromatic N) is 2. The largest absolute Gasteiger partial charge is 0.278 e. The van der Waals surface area contributed by atoms with Crippen LogP contribution in [-0.2, 0) is 32.3 Å². The molecule has 4 aliphatic rings. The third-order valence-corrected chi connectivity index (χ3v) is 7.57. The molecule has 6 nitrogen and oxygen atoms in total. The average Bonchev–Trinajstić information content (AvgIpc) is 3.16. The predicted octanol–water partition coefficient (Wildman–Crippen LogP) is 3.04. The smallest absolute Gasteiger partial charge is 0.233 e. The minimum Gasteiger partial charge on any atom is -0.278 e. The first kappa shape index (κ1) is 19.5. The number of imide groups is 2. The molecule has 0 bridgehead atoms. The van der Waals surface area contributed by atoms with E-state index >= 15 is 0 Å². The molecule has 0 radical (unpaired) electrons. The summed E-state index contributed by atoms with van der Waals surface area (Å²) in [5, 5.41) is 0. The highest BCUT2D eigenvalue weighted by Crippen LogP contribution is 2.39. The van der Waals surface area contributed by atoms with Crippen LogP contribution in [0.4, 0.5) is 0 Å². The lowest BCUT2D eigenvalue weighted by Gasteiger charge is -2.19. The van der Waals surface area contributed by atoms with Crippen molar-refractivity contribution in [2.75, 3.05) is 0 Å². The van der Waals surface area contributed by atoms with Gasteiger partial charge in [0, 0.05) is 0 Å². The van der Waals surface area contributed by atoms with Crippen LogP contribution in [0.3, 0.4) is 0 Å². The van der Waals surface area contributed by atoms with Crippen LogP contribution < -0.4 is 0 Å². The second kappa shape index (κ2) is 7.64. The Morgan fingerprint density at radius 1 is 0.533 bits per heavy atom. The Balaban J connectivity index is 1.25. The van der Waals surface area contributed by atoms with Crippen molar-refractivity contribution in [2.45, 2.75) is 64.5 Å². The van der Waals surface area contributed by atoms with E-state index in [0.29, 0.717) is 13.1 Å². The second-order valence-corrected chi connectivity index (χ2v) is 9.34. The van der Waals surface area contributed by atoms with Crippen LogP contribution in [0, 0.1) is 23.7 Å². The van der Waals surface area contributed by atoms with Crippen LogP contribution in [0.1, 0.15) is 62.5 Å².